The van der Waals surface area contributed by atoms with Crippen LogP contribution in [-0.4, -0.2) is 32.8 Å². The summed E-state index contributed by atoms with van der Waals surface area (Å²) in [5.74, 6) is -1.36. The highest BCUT2D eigenvalue weighted by molar-refractivity contribution is 7.89. The normalized spacial score (nSPS) is 12.3. The molecule has 1 aromatic carbocycles. The predicted molar refractivity (Wildman–Crippen MR) is 74.2 cm³/mol. The molecule has 0 saturated heterocycles. The van der Waals surface area contributed by atoms with Crippen LogP contribution in [-0.2, 0) is 10.0 Å². The van der Waals surface area contributed by atoms with Gasteiger partial charge in [0.05, 0.1) is 10.5 Å². The van der Waals surface area contributed by atoms with Crippen LogP contribution >= 0.6 is 0 Å². The minimum absolute atomic E-state index is 0.154. The van der Waals surface area contributed by atoms with Gasteiger partial charge in [-0.25, -0.2) is 17.9 Å². The van der Waals surface area contributed by atoms with Gasteiger partial charge in [0.25, 0.3) is 5.91 Å². The molecule has 5 nitrogen and oxygen atoms in total. The Morgan fingerprint density at radius 3 is 2.35 bits per heavy atom. The summed E-state index contributed by atoms with van der Waals surface area (Å²) in [5, 5.41) is 4.98. The third-order valence-corrected chi connectivity index (χ3v) is 3.47. The summed E-state index contributed by atoms with van der Waals surface area (Å²) < 4.78 is 36.2. The molecule has 112 valence electrons. The molecule has 0 spiro atoms. The van der Waals surface area contributed by atoms with E-state index in [0.717, 1.165) is 18.2 Å². The molecule has 1 aromatic rings. The lowest BCUT2D eigenvalue weighted by molar-refractivity contribution is 0.0740. The summed E-state index contributed by atoms with van der Waals surface area (Å²) in [7, 11) is -2.44. The van der Waals surface area contributed by atoms with Crippen molar-refractivity contribution in [3.8, 4) is 0 Å². The Labute approximate surface area is 118 Å². The molecular formula is C13H19FN2O3S. The largest absolute Gasteiger partial charge is 0.341 e. The van der Waals surface area contributed by atoms with Gasteiger partial charge in [-0.1, -0.05) is 20.8 Å². The van der Waals surface area contributed by atoms with Gasteiger partial charge >= 0.3 is 0 Å². The number of primary sulfonamides is 1. The van der Waals surface area contributed by atoms with Crippen LogP contribution in [0.3, 0.4) is 0 Å². The first-order valence-corrected chi connectivity index (χ1v) is 7.54. The van der Waals surface area contributed by atoms with Gasteiger partial charge in [0.1, 0.15) is 5.82 Å². The highest BCUT2D eigenvalue weighted by atomic mass is 32.2. The summed E-state index contributed by atoms with van der Waals surface area (Å²) in [6, 6.07) is 2.93. The highest BCUT2D eigenvalue weighted by Crippen LogP contribution is 2.19. The number of carbonyl (C=O) groups excluding carboxylic acids is 1. The standard InChI is InChI=1S/C13H19FN2O3S/c1-13(2,3)8-16(4)12(17)10-7-9(20(15,18)19)5-6-11(10)14/h5-7H,8H2,1-4H3,(H2,15,18,19). The molecular weight excluding hydrogens is 283 g/mol. The Kier molecular flexibility index (Phi) is 4.55. The van der Waals surface area contributed by atoms with Gasteiger partial charge in [0, 0.05) is 13.6 Å². The molecule has 7 heteroatoms. The number of halogens is 1. The lowest BCUT2D eigenvalue weighted by Gasteiger charge is -2.26. The molecule has 0 atom stereocenters. The van der Waals surface area contributed by atoms with Crippen molar-refractivity contribution in [2.24, 2.45) is 10.6 Å². The van der Waals surface area contributed by atoms with Crippen molar-refractivity contribution in [3.63, 3.8) is 0 Å². The average Bonchev–Trinajstić information content (AvgIpc) is 2.24. The van der Waals surface area contributed by atoms with Gasteiger partial charge < -0.3 is 4.90 Å². The lowest BCUT2D eigenvalue weighted by Crippen LogP contribution is -2.35. The third kappa shape index (κ3) is 4.28. The van der Waals surface area contributed by atoms with Gasteiger partial charge in [0.15, 0.2) is 0 Å². The molecule has 0 aromatic heterocycles. The van der Waals surface area contributed by atoms with Gasteiger partial charge in [-0.15, -0.1) is 0 Å². The van der Waals surface area contributed by atoms with E-state index in [2.05, 4.69) is 0 Å². The minimum atomic E-state index is -3.97. The predicted octanol–water partition coefficient (Wildman–Crippen LogP) is 1.59. The summed E-state index contributed by atoms with van der Waals surface area (Å²) in [5.41, 5.74) is -0.457. The van der Waals surface area contributed by atoms with Gasteiger partial charge in [-0.05, 0) is 23.6 Å². The van der Waals surface area contributed by atoms with E-state index < -0.39 is 21.7 Å². The molecule has 1 amide bonds. The van der Waals surface area contributed by atoms with Crippen molar-refractivity contribution in [2.75, 3.05) is 13.6 Å². The second kappa shape index (κ2) is 5.49. The van der Waals surface area contributed by atoms with Crippen molar-refractivity contribution in [1.29, 1.82) is 0 Å². The fourth-order valence-electron chi connectivity index (χ4n) is 1.83. The Bertz CT molecular complexity index is 621. The molecule has 0 aliphatic rings. The van der Waals surface area contributed by atoms with Crippen LogP contribution in [0.15, 0.2) is 23.1 Å². The first kappa shape index (κ1) is 16.6. The highest BCUT2D eigenvalue weighted by Gasteiger charge is 2.22. The van der Waals surface area contributed by atoms with E-state index in [0.29, 0.717) is 6.54 Å². The average molecular weight is 302 g/mol. The molecule has 2 N–H and O–H groups in total. The number of sulfonamides is 1. The monoisotopic (exact) mass is 302 g/mol. The van der Waals surface area contributed by atoms with Gasteiger partial charge in [0.2, 0.25) is 10.0 Å². The summed E-state index contributed by atoms with van der Waals surface area (Å²) in [4.78, 5) is 13.2. The number of carbonyl (C=O) groups is 1. The molecule has 0 radical (unpaired) electrons. The smallest absolute Gasteiger partial charge is 0.256 e. The zero-order valence-corrected chi connectivity index (χ0v) is 12.8. The van der Waals surface area contributed by atoms with E-state index in [1.54, 1.807) is 0 Å². The SMILES string of the molecule is CN(CC(C)(C)C)C(=O)c1cc(S(N)(=O)=O)ccc1F. The fraction of sp³-hybridized carbons (Fsp3) is 0.462. The quantitative estimate of drug-likeness (QED) is 0.920. The number of benzene rings is 1. The number of nitrogens with two attached hydrogens (primary N) is 1. The zero-order valence-electron chi connectivity index (χ0n) is 12.0. The van der Waals surface area contributed by atoms with E-state index in [1.807, 2.05) is 20.8 Å². The topological polar surface area (TPSA) is 80.5 Å². The molecule has 0 bridgehead atoms. The molecule has 0 aliphatic heterocycles. The number of hydrogen-bond acceptors (Lipinski definition) is 3. The lowest BCUT2D eigenvalue weighted by atomic mass is 9.96. The summed E-state index contributed by atoms with van der Waals surface area (Å²) in [6.07, 6.45) is 0. The van der Waals surface area contributed by atoms with Gasteiger partial charge in [-0.2, -0.15) is 0 Å². The molecule has 0 fully saturated rings. The van der Waals surface area contributed by atoms with E-state index in [1.165, 1.54) is 11.9 Å². The zero-order chi connectivity index (χ0) is 15.7. The van der Waals surface area contributed by atoms with Crippen LogP contribution in [0, 0.1) is 11.2 Å². The van der Waals surface area contributed by atoms with Crippen molar-refractivity contribution in [2.45, 2.75) is 25.7 Å². The van der Waals surface area contributed by atoms with E-state index in [-0.39, 0.29) is 15.9 Å². The van der Waals surface area contributed by atoms with Crippen LogP contribution in [0.5, 0.6) is 0 Å². The van der Waals surface area contributed by atoms with Crippen LogP contribution in [0.2, 0.25) is 0 Å². The second-order valence-electron chi connectivity index (χ2n) is 5.91. The summed E-state index contributed by atoms with van der Waals surface area (Å²) >= 11 is 0. The van der Waals surface area contributed by atoms with Crippen LogP contribution in [0.1, 0.15) is 31.1 Å². The first-order chi connectivity index (χ1) is 8.92. The maximum absolute atomic E-state index is 13.7. The Morgan fingerprint density at radius 1 is 1.35 bits per heavy atom. The minimum Gasteiger partial charge on any atom is -0.341 e. The van der Waals surface area contributed by atoms with Crippen molar-refractivity contribution in [3.05, 3.63) is 29.6 Å². The van der Waals surface area contributed by atoms with Crippen LogP contribution in [0.25, 0.3) is 0 Å². The maximum Gasteiger partial charge on any atom is 0.256 e. The summed E-state index contributed by atoms with van der Waals surface area (Å²) in [6.45, 7) is 6.22. The maximum atomic E-state index is 13.7. The number of amides is 1. The Hall–Kier alpha value is -1.47. The van der Waals surface area contributed by atoms with E-state index >= 15 is 0 Å². The number of hydrogen-bond donors (Lipinski definition) is 1. The molecule has 0 saturated carbocycles. The number of rotatable bonds is 3. The van der Waals surface area contributed by atoms with E-state index in [9.17, 15) is 17.6 Å². The number of nitrogens with zero attached hydrogens (tertiary/aromatic N) is 1. The fourth-order valence-corrected chi connectivity index (χ4v) is 2.37. The second-order valence-corrected chi connectivity index (χ2v) is 7.47. The van der Waals surface area contributed by atoms with Crippen molar-refractivity contribution in [1.82, 2.24) is 4.90 Å². The molecule has 1 rings (SSSR count). The van der Waals surface area contributed by atoms with Crippen LogP contribution < -0.4 is 5.14 Å². The van der Waals surface area contributed by atoms with E-state index in [4.69, 9.17) is 5.14 Å². The molecule has 0 heterocycles. The molecule has 0 unspecified atom stereocenters. The molecule has 20 heavy (non-hydrogen) atoms. The third-order valence-electron chi connectivity index (χ3n) is 2.55. The Morgan fingerprint density at radius 2 is 1.90 bits per heavy atom. The molecule has 0 aliphatic carbocycles. The first-order valence-electron chi connectivity index (χ1n) is 5.99. The van der Waals surface area contributed by atoms with Gasteiger partial charge in [-0.3, -0.25) is 4.79 Å². The Balaban J connectivity index is 3.16. The van der Waals surface area contributed by atoms with Crippen LogP contribution in [0.4, 0.5) is 4.39 Å². The van der Waals surface area contributed by atoms with Crippen molar-refractivity contribution < 1.29 is 17.6 Å². The van der Waals surface area contributed by atoms with Crippen molar-refractivity contribution >= 4 is 15.9 Å².